The summed E-state index contributed by atoms with van der Waals surface area (Å²) in [6.45, 7) is 0.778. The molecule has 1 saturated carbocycles. The monoisotopic (exact) mass is 253 g/mol. The molecule has 1 fully saturated rings. The van der Waals surface area contributed by atoms with Gasteiger partial charge in [0.15, 0.2) is 11.6 Å². The molecular weight excluding hydrogens is 233 g/mol. The van der Waals surface area contributed by atoms with Crippen LogP contribution < -0.4 is 5.32 Å². The van der Waals surface area contributed by atoms with Gasteiger partial charge in [0.1, 0.15) is 0 Å². The molecule has 0 radical (unpaired) electrons. The third-order valence-corrected chi connectivity index (χ3v) is 3.72. The van der Waals surface area contributed by atoms with Crippen molar-refractivity contribution in [3.8, 4) is 5.75 Å². The van der Waals surface area contributed by atoms with E-state index in [0.717, 1.165) is 18.4 Å². The molecule has 1 aliphatic carbocycles. The lowest BCUT2D eigenvalue weighted by atomic mass is 9.85. The minimum absolute atomic E-state index is 0.210. The van der Waals surface area contributed by atoms with E-state index in [2.05, 4.69) is 5.32 Å². The molecule has 3 N–H and O–H groups in total. The minimum atomic E-state index is -0.586. The number of hydrogen-bond acceptors (Lipinski definition) is 3. The largest absolute Gasteiger partial charge is 0.505 e. The molecule has 0 bridgehead atoms. The van der Waals surface area contributed by atoms with Crippen LogP contribution in [0.2, 0.25) is 0 Å². The van der Waals surface area contributed by atoms with Crippen molar-refractivity contribution < 1.29 is 14.6 Å². The summed E-state index contributed by atoms with van der Waals surface area (Å²) in [6, 6.07) is 4.73. The molecule has 0 spiro atoms. The summed E-state index contributed by atoms with van der Waals surface area (Å²) in [4.78, 5) is 0. The number of hydrogen-bond donors (Lipinski definition) is 3. The molecule has 0 saturated heterocycles. The molecule has 4 heteroatoms. The van der Waals surface area contributed by atoms with E-state index in [1.165, 1.54) is 25.0 Å². The zero-order valence-electron chi connectivity index (χ0n) is 10.4. The first-order valence-electron chi connectivity index (χ1n) is 6.52. The maximum atomic E-state index is 13.2. The second-order valence-electron chi connectivity index (χ2n) is 5.00. The van der Waals surface area contributed by atoms with Crippen molar-refractivity contribution in [1.82, 2.24) is 5.32 Å². The molecule has 100 valence electrons. The Morgan fingerprint density at radius 1 is 1.28 bits per heavy atom. The van der Waals surface area contributed by atoms with Gasteiger partial charge in [0.05, 0.1) is 0 Å². The average Bonchev–Trinajstić information content (AvgIpc) is 2.40. The molecule has 2 unspecified atom stereocenters. The van der Waals surface area contributed by atoms with E-state index >= 15 is 0 Å². The minimum Gasteiger partial charge on any atom is -0.505 e. The van der Waals surface area contributed by atoms with Crippen LogP contribution in [0.15, 0.2) is 18.2 Å². The first-order chi connectivity index (χ1) is 8.70. The number of aliphatic hydroxyl groups excluding tert-OH is 1. The van der Waals surface area contributed by atoms with Gasteiger partial charge in [0.25, 0.3) is 0 Å². The molecule has 2 rings (SSSR count). The average molecular weight is 253 g/mol. The number of phenols is 1. The van der Waals surface area contributed by atoms with E-state index in [-0.39, 0.29) is 12.4 Å². The Labute approximate surface area is 107 Å². The summed E-state index contributed by atoms with van der Waals surface area (Å²) >= 11 is 0. The standard InChI is InChI=1S/C14H20FNO2/c15-12-7-10(5-6-14(12)18)8-16-13-4-2-1-3-11(13)9-17/h5-7,11,13,16-18H,1-4,8-9H2. The molecule has 0 aromatic heterocycles. The predicted octanol–water partition coefficient (Wildman–Crippen LogP) is 2.17. The first kappa shape index (κ1) is 13.3. The highest BCUT2D eigenvalue weighted by Gasteiger charge is 2.23. The maximum absolute atomic E-state index is 13.2. The SMILES string of the molecule is OCC1CCCCC1NCc1ccc(O)c(F)c1. The van der Waals surface area contributed by atoms with Gasteiger partial charge < -0.3 is 15.5 Å². The van der Waals surface area contributed by atoms with Crippen molar-refractivity contribution in [1.29, 1.82) is 0 Å². The molecular formula is C14H20FNO2. The van der Waals surface area contributed by atoms with Gasteiger partial charge in [-0.05, 0) is 36.5 Å². The van der Waals surface area contributed by atoms with Crippen LogP contribution >= 0.6 is 0 Å². The zero-order valence-corrected chi connectivity index (χ0v) is 10.4. The lowest BCUT2D eigenvalue weighted by Crippen LogP contribution is -2.39. The number of phenolic OH excluding ortho intramolecular Hbond substituents is 1. The van der Waals surface area contributed by atoms with Crippen LogP contribution in [0, 0.1) is 11.7 Å². The van der Waals surface area contributed by atoms with Crippen LogP contribution in [0.1, 0.15) is 31.2 Å². The van der Waals surface area contributed by atoms with Gasteiger partial charge in [-0.15, -0.1) is 0 Å². The Bertz CT molecular complexity index is 397. The van der Waals surface area contributed by atoms with E-state index in [1.54, 1.807) is 6.07 Å². The molecule has 1 aromatic rings. The number of nitrogens with one attached hydrogen (secondary N) is 1. The fraction of sp³-hybridized carbons (Fsp3) is 0.571. The highest BCUT2D eigenvalue weighted by molar-refractivity contribution is 5.27. The topological polar surface area (TPSA) is 52.5 Å². The van der Waals surface area contributed by atoms with Gasteiger partial charge in [-0.1, -0.05) is 18.9 Å². The number of rotatable bonds is 4. The van der Waals surface area contributed by atoms with Crippen molar-refractivity contribution in [2.45, 2.75) is 38.3 Å². The Morgan fingerprint density at radius 2 is 2.06 bits per heavy atom. The number of benzene rings is 1. The smallest absolute Gasteiger partial charge is 0.165 e. The Balaban J connectivity index is 1.91. The number of halogens is 1. The quantitative estimate of drug-likeness (QED) is 0.771. The van der Waals surface area contributed by atoms with Crippen molar-refractivity contribution in [3.05, 3.63) is 29.6 Å². The normalized spacial score (nSPS) is 24.1. The summed E-state index contributed by atoms with van der Waals surface area (Å²) < 4.78 is 13.2. The summed E-state index contributed by atoms with van der Waals surface area (Å²) in [5, 5.41) is 21.8. The summed E-state index contributed by atoms with van der Waals surface area (Å²) in [6.07, 6.45) is 4.47. The van der Waals surface area contributed by atoms with Gasteiger partial charge in [-0.2, -0.15) is 0 Å². The van der Waals surface area contributed by atoms with E-state index < -0.39 is 5.82 Å². The predicted molar refractivity (Wildman–Crippen MR) is 67.7 cm³/mol. The number of aromatic hydroxyl groups is 1. The second-order valence-corrected chi connectivity index (χ2v) is 5.00. The molecule has 3 nitrogen and oxygen atoms in total. The van der Waals surface area contributed by atoms with Crippen LogP contribution in [0.3, 0.4) is 0 Å². The van der Waals surface area contributed by atoms with E-state index in [9.17, 15) is 9.50 Å². The number of aliphatic hydroxyl groups is 1. The lowest BCUT2D eigenvalue weighted by Gasteiger charge is -2.31. The summed E-state index contributed by atoms with van der Waals surface area (Å²) in [5.41, 5.74) is 0.813. The third kappa shape index (κ3) is 3.21. The molecule has 2 atom stereocenters. The summed E-state index contributed by atoms with van der Waals surface area (Å²) in [7, 11) is 0. The van der Waals surface area contributed by atoms with Crippen molar-refractivity contribution >= 4 is 0 Å². The Morgan fingerprint density at radius 3 is 2.78 bits per heavy atom. The van der Waals surface area contributed by atoms with Crippen molar-refractivity contribution in [2.24, 2.45) is 5.92 Å². The molecule has 1 aliphatic rings. The van der Waals surface area contributed by atoms with E-state index in [1.807, 2.05) is 0 Å². The van der Waals surface area contributed by atoms with Gasteiger partial charge >= 0.3 is 0 Å². The van der Waals surface area contributed by atoms with Gasteiger partial charge in [-0.3, -0.25) is 0 Å². The highest BCUT2D eigenvalue weighted by atomic mass is 19.1. The Kier molecular flexibility index (Phi) is 4.55. The highest BCUT2D eigenvalue weighted by Crippen LogP contribution is 2.24. The fourth-order valence-corrected chi connectivity index (χ4v) is 2.60. The molecule has 0 heterocycles. The third-order valence-electron chi connectivity index (χ3n) is 3.72. The van der Waals surface area contributed by atoms with E-state index in [0.29, 0.717) is 18.5 Å². The van der Waals surface area contributed by atoms with Crippen LogP contribution in [0.25, 0.3) is 0 Å². The van der Waals surface area contributed by atoms with Crippen LogP contribution in [-0.2, 0) is 6.54 Å². The lowest BCUT2D eigenvalue weighted by molar-refractivity contribution is 0.152. The molecule has 18 heavy (non-hydrogen) atoms. The van der Waals surface area contributed by atoms with Crippen LogP contribution in [0.4, 0.5) is 4.39 Å². The first-order valence-corrected chi connectivity index (χ1v) is 6.52. The summed E-state index contributed by atoms with van der Waals surface area (Å²) in [5.74, 6) is -0.595. The maximum Gasteiger partial charge on any atom is 0.165 e. The Hall–Kier alpha value is -1.13. The van der Waals surface area contributed by atoms with Gasteiger partial charge in [-0.25, -0.2) is 4.39 Å². The van der Waals surface area contributed by atoms with Crippen LogP contribution in [-0.4, -0.2) is 22.9 Å². The van der Waals surface area contributed by atoms with Crippen molar-refractivity contribution in [2.75, 3.05) is 6.61 Å². The molecule has 0 aliphatic heterocycles. The molecule has 0 amide bonds. The van der Waals surface area contributed by atoms with Crippen LogP contribution in [0.5, 0.6) is 5.75 Å². The van der Waals surface area contributed by atoms with Gasteiger partial charge in [0, 0.05) is 19.2 Å². The molecule has 1 aromatic carbocycles. The van der Waals surface area contributed by atoms with Gasteiger partial charge in [0.2, 0.25) is 0 Å². The second kappa shape index (κ2) is 6.16. The van der Waals surface area contributed by atoms with Crippen molar-refractivity contribution in [3.63, 3.8) is 0 Å². The zero-order chi connectivity index (χ0) is 13.0. The van der Waals surface area contributed by atoms with E-state index in [4.69, 9.17) is 5.11 Å². The fourth-order valence-electron chi connectivity index (χ4n) is 2.60.